The van der Waals surface area contributed by atoms with E-state index in [2.05, 4.69) is 5.32 Å². The number of benzene rings is 2. The molecule has 0 heterocycles. The third-order valence-corrected chi connectivity index (χ3v) is 3.88. The Labute approximate surface area is 146 Å². The van der Waals surface area contributed by atoms with Crippen molar-refractivity contribution in [3.63, 3.8) is 0 Å². The first-order valence-corrected chi connectivity index (χ1v) is 8.21. The van der Waals surface area contributed by atoms with Gasteiger partial charge in [-0.2, -0.15) is 0 Å². The molecule has 0 aromatic heterocycles. The van der Waals surface area contributed by atoms with Crippen molar-refractivity contribution in [1.29, 1.82) is 0 Å². The molecule has 2 rings (SSSR count). The van der Waals surface area contributed by atoms with Crippen LogP contribution in [0.4, 0.5) is 5.69 Å². The van der Waals surface area contributed by atoms with Crippen LogP contribution in [-0.4, -0.2) is 18.0 Å². The summed E-state index contributed by atoms with van der Waals surface area (Å²) in [4.78, 5) is 24.5. The lowest BCUT2D eigenvalue weighted by molar-refractivity contribution is -0.154. The molecule has 2 aromatic rings. The van der Waals surface area contributed by atoms with Gasteiger partial charge in [0, 0.05) is 10.7 Å². The normalized spacial score (nSPS) is 13.0. The second-order valence-corrected chi connectivity index (χ2v) is 5.89. The number of carbonyl (C=O) groups is 2. The van der Waals surface area contributed by atoms with E-state index in [0.717, 1.165) is 5.56 Å². The molecule has 0 bridgehead atoms. The molecule has 126 valence electrons. The van der Waals surface area contributed by atoms with Crippen LogP contribution in [0.15, 0.2) is 54.6 Å². The van der Waals surface area contributed by atoms with Crippen molar-refractivity contribution in [3.8, 4) is 0 Å². The van der Waals surface area contributed by atoms with E-state index >= 15 is 0 Å². The first-order valence-electron chi connectivity index (χ1n) is 7.83. The van der Waals surface area contributed by atoms with Crippen molar-refractivity contribution in [2.45, 2.75) is 32.3 Å². The maximum atomic E-state index is 12.4. The SMILES string of the molecule is CC[C@H](C(=O)O[C@H](C)C(=O)Nc1cccc(Cl)c1)c1ccccc1. The first-order chi connectivity index (χ1) is 11.5. The van der Waals surface area contributed by atoms with Gasteiger partial charge in [-0.1, -0.05) is 54.9 Å². The summed E-state index contributed by atoms with van der Waals surface area (Å²) in [5.41, 5.74) is 1.44. The number of esters is 1. The van der Waals surface area contributed by atoms with Gasteiger partial charge in [0.25, 0.3) is 5.91 Å². The minimum atomic E-state index is -0.894. The number of rotatable bonds is 6. The van der Waals surface area contributed by atoms with E-state index in [0.29, 0.717) is 17.1 Å². The zero-order valence-electron chi connectivity index (χ0n) is 13.7. The quantitative estimate of drug-likeness (QED) is 0.789. The highest BCUT2D eigenvalue weighted by molar-refractivity contribution is 6.30. The highest BCUT2D eigenvalue weighted by atomic mass is 35.5. The van der Waals surface area contributed by atoms with E-state index in [1.54, 1.807) is 31.2 Å². The minimum absolute atomic E-state index is 0.382. The molecule has 0 radical (unpaired) electrons. The minimum Gasteiger partial charge on any atom is -0.452 e. The van der Waals surface area contributed by atoms with Crippen LogP contribution in [0.1, 0.15) is 31.7 Å². The van der Waals surface area contributed by atoms with E-state index in [4.69, 9.17) is 16.3 Å². The average molecular weight is 346 g/mol. The molecular weight excluding hydrogens is 326 g/mol. The average Bonchev–Trinajstić information content (AvgIpc) is 2.56. The van der Waals surface area contributed by atoms with Crippen LogP contribution in [-0.2, 0) is 14.3 Å². The number of carbonyl (C=O) groups excluding carboxylic acids is 2. The Bertz CT molecular complexity index is 703. The molecule has 0 unspecified atom stereocenters. The Morgan fingerprint density at radius 1 is 1.12 bits per heavy atom. The first kappa shape index (κ1) is 18.0. The Hall–Kier alpha value is -2.33. The number of anilines is 1. The molecule has 0 aliphatic rings. The van der Waals surface area contributed by atoms with Gasteiger partial charge in [-0.3, -0.25) is 9.59 Å². The molecule has 4 nitrogen and oxygen atoms in total. The second-order valence-electron chi connectivity index (χ2n) is 5.45. The van der Waals surface area contributed by atoms with Crippen molar-refractivity contribution >= 4 is 29.2 Å². The van der Waals surface area contributed by atoms with Gasteiger partial charge in [-0.05, 0) is 37.1 Å². The van der Waals surface area contributed by atoms with E-state index in [1.807, 2.05) is 37.3 Å². The predicted molar refractivity (Wildman–Crippen MR) is 95.1 cm³/mol. The maximum absolute atomic E-state index is 12.4. The molecule has 2 atom stereocenters. The van der Waals surface area contributed by atoms with Crippen LogP contribution in [0, 0.1) is 0 Å². The van der Waals surface area contributed by atoms with E-state index in [1.165, 1.54) is 0 Å². The van der Waals surface area contributed by atoms with Gasteiger partial charge in [0.15, 0.2) is 6.10 Å². The summed E-state index contributed by atoms with van der Waals surface area (Å²) in [6, 6.07) is 16.2. The van der Waals surface area contributed by atoms with Crippen molar-refractivity contribution in [2.24, 2.45) is 0 Å². The fraction of sp³-hybridized carbons (Fsp3) is 0.263. The van der Waals surface area contributed by atoms with Gasteiger partial charge in [-0.15, -0.1) is 0 Å². The fourth-order valence-corrected chi connectivity index (χ4v) is 2.53. The second kappa shape index (κ2) is 8.50. The molecule has 0 saturated heterocycles. The zero-order chi connectivity index (χ0) is 17.5. The van der Waals surface area contributed by atoms with Gasteiger partial charge in [0.2, 0.25) is 0 Å². The third kappa shape index (κ3) is 4.83. The summed E-state index contributed by atoms with van der Waals surface area (Å²) < 4.78 is 5.34. The summed E-state index contributed by atoms with van der Waals surface area (Å²) in [7, 11) is 0. The van der Waals surface area contributed by atoms with Crippen molar-refractivity contribution in [3.05, 3.63) is 65.2 Å². The number of amides is 1. The number of ether oxygens (including phenoxy) is 1. The van der Waals surface area contributed by atoms with Crippen LogP contribution in [0.25, 0.3) is 0 Å². The van der Waals surface area contributed by atoms with Gasteiger partial charge in [-0.25, -0.2) is 0 Å². The summed E-state index contributed by atoms with van der Waals surface area (Å²) in [6.45, 7) is 3.46. The predicted octanol–water partition coefficient (Wildman–Crippen LogP) is 4.40. The van der Waals surface area contributed by atoms with Gasteiger partial charge >= 0.3 is 5.97 Å². The molecule has 5 heteroatoms. The molecule has 0 spiro atoms. The highest BCUT2D eigenvalue weighted by Crippen LogP contribution is 2.22. The Morgan fingerprint density at radius 2 is 1.83 bits per heavy atom. The molecular formula is C19H20ClNO3. The van der Waals surface area contributed by atoms with Crippen LogP contribution in [0.3, 0.4) is 0 Å². The molecule has 0 fully saturated rings. The molecule has 1 amide bonds. The molecule has 24 heavy (non-hydrogen) atoms. The molecule has 1 N–H and O–H groups in total. The molecule has 0 aliphatic carbocycles. The van der Waals surface area contributed by atoms with Crippen molar-refractivity contribution in [2.75, 3.05) is 5.32 Å². The summed E-state index contributed by atoms with van der Waals surface area (Å²) in [6.07, 6.45) is -0.292. The number of hydrogen-bond donors (Lipinski definition) is 1. The van der Waals surface area contributed by atoms with Crippen LogP contribution in [0.5, 0.6) is 0 Å². The molecule has 0 saturated carbocycles. The van der Waals surface area contributed by atoms with E-state index in [9.17, 15) is 9.59 Å². The fourth-order valence-electron chi connectivity index (χ4n) is 2.34. The largest absolute Gasteiger partial charge is 0.452 e. The van der Waals surface area contributed by atoms with Crippen molar-refractivity contribution in [1.82, 2.24) is 0 Å². The number of halogens is 1. The summed E-state index contributed by atoms with van der Waals surface area (Å²) in [5, 5.41) is 3.20. The van der Waals surface area contributed by atoms with Crippen LogP contribution in [0.2, 0.25) is 5.02 Å². The maximum Gasteiger partial charge on any atom is 0.314 e. The Kier molecular flexibility index (Phi) is 6.38. The topological polar surface area (TPSA) is 55.4 Å². The van der Waals surface area contributed by atoms with Gasteiger partial charge in [0.1, 0.15) is 0 Å². The Balaban J connectivity index is 1.98. The Morgan fingerprint density at radius 3 is 2.46 bits per heavy atom. The van der Waals surface area contributed by atoms with Gasteiger partial charge in [0.05, 0.1) is 5.92 Å². The number of hydrogen-bond acceptors (Lipinski definition) is 3. The zero-order valence-corrected chi connectivity index (χ0v) is 14.4. The smallest absolute Gasteiger partial charge is 0.314 e. The van der Waals surface area contributed by atoms with Crippen molar-refractivity contribution < 1.29 is 14.3 Å². The van der Waals surface area contributed by atoms with Crippen LogP contribution >= 0.6 is 11.6 Å². The number of nitrogens with one attached hydrogen (secondary N) is 1. The van der Waals surface area contributed by atoms with E-state index < -0.39 is 18.0 Å². The highest BCUT2D eigenvalue weighted by Gasteiger charge is 2.25. The lowest BCUT2D eigenvalue weighted by atomic mass is 9.97. The van der Waals surface area contributed by atoms with Gasteiger partial charge < -0.3 is 10.1 Å². The third-order valence-electron chi connectivity index (χ3n) is 3.65. The molecule has 0 aliphatic heterocycles. The van der Waals surface area contributed by atoms with E-state index in [-0.39, 0.29) is 5.92 Å². The standard InChI is InChI=1S/C19H20ClNO3/c1-3-17(14-8-5-4-6-9-14)19(23)24-13(2)18(22)21-16-11-7-10-15(20)12-16/h4-13,17H,3H2,1-2H3,(H,21,22)/t13-,17+/m1/s1. The summed E-state index contributed by atoms with van der Waals surface area (Å²) >= 11 is 5.88. The summed E-state index contributed by atoms with van der Waals surface area (Å²) in [5.74, 6) is -1.18. The van der Waals surface area contributed by atoms with Crippen LogP contribution < -0.4 is 5.32 Å². The molecule has 2 aromatic carbocycles. The monoisotopic (exact) mass is 345 g/mol. The lowest BCUT2D eigenvalue weighted by Gasteiger charge is -2.18. The lowest BCUT2D eigenvalue weighted by Crippen LogP contribution is -2.31.